The lowest BCUT2D eigenvalue weighted by atomic mass is 9.86. The van der Waals surface area contributed by atoms with Gasteiger partial charge in [-0.25, -0.2) is 9.67 Å². The summed E-state index contributed by atoms with van der Waals surface area (Å²) in [6.07, 6.45) is 8.16. The van der Waals surface area contributed by atoms with Crippen LogP contribution in [0.3, 0.4) is 0 Å². The molecule has 2 heterocycles. The van der Waals surface area contributed by atoms with E-state index >= 15 is 0 Å². The van der Waals surface area contributed by atoms with E-state index in [1.54, 1.807) is 12.4 Å². The first kappa shape index (κ1) is 16.8. The van der Waals surface area contributed by atoms with E-state index < -0.39 is 0 Å². The van der Waals surface area contributed by atoms with Crippen molar-refractivity contribution in [2.24, 2.45) is 5.92 Å². The third-order valence-electron chi connectivity index (χ3n) is 5.34. The summed E-state index contributed by atoms with van der Waals surface area (Å²) in [6, 6.07) is 12.3. The topological polar surface area (TPSA) is 59.8 Å². The number of carbonyl (C=O) groups is 1. The second kappa shape index (κ2) is 7.28. The van der Waals surface area contributed by atoms with Crippen molar-refractivity contribution in [3.8, 4) is 0 Å². The average molecular weight is 348 g/mol. The summed E-state index contributed by atoms with van der Waals surface area (Å²) < 4.78 is 1.87. The quantitative estimate of drug-likeness (QED) is 0.780. The zero-order chi connectivity index (χ0) is 17.9. The third kappa shape index (κ3) is 3.47. The Kier molecular flexibility index (Phi) is 4.69. The monoisotopic (exact) mass is 348 g/mol. The van der Waals surface area contributed by atoms with Gasteiger partial charge in [0.15, 0.2) is 5.65 Å². The molecule has 1 aromatic carbocycles. The molecule has 0 bridgehead atoms. The fourth-order valence-corrected chi connectivity index (χ4v) is 3.75. The number of fused-ring (bicyclic) bond motifs is 1. The van der Waals surface area contributed by atoms with Crippen molar-refractivity contribution in [3.05, 3.63) is 59.9 Å². The minimum absolute atomic E-state index is 0.0334. The smallest absolute Gasteiger partial charge is 0.253 e. The average Bonchev–Trinajstić information content (AvgIpc) is 3.06. The Hall–Kier alpha value is -2.69. The molecular formula is C21H24N4O. The normalized spacial score (nSPS) is 20.2. The predicted molar refractivity (Wildman–Crippen MR) is 102 cm³/mol. The van der Waals surface area contributed by atoms with Crippen molar-refractivity contribution in [1.29, 1.82) is 0 Å². The molecule has 0 aliphatic heterocycles. The number of nitrogens with one attached hydrogen (secondary N) is 1. The third-order valence-corrected chi connectivity index (χ3v) is 5.34. The van der Waals surface area contributed by atoms with Gasteiger partial charge >= 0.3 is 0 Å². The van der Waals surface area contributed by atoms with E-state index in [0.29, 0.717) is 18.0 Å². The summed E-state index contributed by atoms with van der Waals surface area (Å²) >= 11 is 0. The molecule has 3 aromatic rings. The van der Waals surface area contributed by atoms with Crippen LogP contribution in [0.4, 0.5) is 0 Å². The van der Waals surface area contributed by atoms with Gasteiger partial charge in [0.25, 0.3) is 5.91 Å². The van der Waals surface area contributed by atoms with E-state index in [-0.39, 0.29) is 11.9 Å². The molecule has 1 saturated carbocycles. The fraction of sp³-hybridized carbons (Fsp3) is 0.381. The van der Waals surface area contributed by atoms with E-state index in [1.807, 2.05) is 28.9 Å². The molecule has 1 aliphatic rings. The molecular weight excluding hydrogens is 324 g/mol. The largest absolute Gasteiger partial charge is 0.349 e. The number of carbonyl (C=O) groups excluding carboxylic acids is 1. The number of pyridine rings is 1. The predicted octanol–water partition coefficient (Wildman–Crippen LogP) is 3.79. The minimum Gasteiger partial charge on any atom is -0.349 e. The molecule has 4 rings (SSSR count). The molecule has 1 aliphatic carbocycles. The summed E-state index contributed by atoms with van der Waals surface area (Å²) in [6.45, 7) is 2.89. The van der Waals surface area contributed by atoms with Crippen LogP contribution in [0.1, 0.15) is 48.5 Å². The highest BCUT2D eigenvalue weighted by atomic mass is 16.1. The second-order valence-corrected chi connectivity index (χ2v) is 7.27. The number of rotatable bonds is 4. The van der Waals surface area contributed by atoms with Crippen molar-refractivity contribution in [3.63, 3.8) is 0 Å². The Morgan fingerprint density at radius 2 is 2.00 bits per heavy atom. The lowest BCUT2D eigenvalue weighted by Crippen LogP contribution is -2.41. The van der Waals surface area contributed by atoms with Crippen LogP contribution in [-0.4, -0.2) is 26.7 Å². The van der Waals surface area contributed by atoms with E-state index in [2.05, 4.69) is 34.5 Å². The maximum Gasteiger partial charge on any atom is 0.253 e. The summed E-state index contributed by atoms with van der Waals surface area (Å²) in [7, 11) is 0. The Bertz CT molecular complexity index is 903. The van der Waals surface area contributed by atoms with E-state index in [9.17, 15) is 4.79 Å². The van der Waals surface area contributed by atoms with Gasteiger partial charge in [-0.05, 0) is 30.4 Å². The van der Waals surface area contributed by atoms with E-state index in [0.717, 1.165) is 17.5 Å². The van der Waals surface area contributed by atoms with Gasteiger partial charge in [0.1, 0.15) is 0 Å². The Balaban J connectivity index is 1.52. The molecule has 0 unspecified atom stereocenters. The SMILES string of the molecule is C[C@H]1CCCC[C@@H]1NC(=O)c1cnc2c(cnn2Cc2ccccc2)c1. The number of hydrogen-bond acceptors (Lipinski definition) is 3. The first-order chi connectivity index (χ1) is 12.7. The highest BCUT2D eigenvalue weighted by molar-refractivity contribution is 5.97. The summed E-state index contributed by atoms with van der Waals surface area (Å²) in [5.74, 6) is 0.506. The minimum atomic E-state index is -0.0334. The Labute approximate surface area is 153 Å². The maximum atomic E-state index is 12.6. The molecule has 2 aromatic heterocycles. The molecule has 0 spiro atoms. The van der Waals surface area contributed by atoms with Crippen LogP contribution in [0.2, 0.25) is 0 Å². The van der Waals surface area contributed by atoms with Gasteiger partial charge < -0.3 is 5.32 Å². The molecule has 0 saturated heterocycles. The lowest BCUT2D eigenvalue weighted by Gasteiger charge is -2.29. The van der Waals surface area contributed by atoms with Gasteiger partial charge in [0.05, 0.1) is 18.3 Å². The molecule has 26 heavy (non-hydrogen) atoms. The van der Waals surface area contributed by atoms with E-state index in [4.69, 9.17) is 0 Å². The molecule has 0 radical (unpaired) electrons. The lowest BCUT2D eigenvalue weighted by molar-refractivity contribution is 0.0910. The van der Waals surface area contributed by atoms with Gasteiger partial charge in [-0.1, -0.05) is 50.1 Å². The van der Waals surface area contributed by atoms with Crippen molar-refractivity contribution < 1.29 is 4.79 Å². The van der Waals surface area contributed by atoms with Crippen LogP contribution in [0, 0.1) is 5.92 Å². The molecule has 5 heteroatoms. The Morgan fingerprint density at radius 3 is 2.81 bits per heavy atom. The van der Waals surface area contributed by atoms with Crippen LogP contribution < -0.4 is 5.32 Å². The van der Waals surface area contributed by atoms with Crippen LogP contribution >= 0.6 is 0 Å². The van der Waals surface area contributed by atoms with Crippen LogP contribution in [0.25, 0.3) is 11.0 Å². The van der Waals surface area contributed by atoms with Crippen molar-refractivity contribution in [1.82, 2.24) is 20.1 Å². The maximum absolute atomic E-state index is 12.6. The highest BCUT2D eigenvalue weighted by Gasteiger charge is 2.23. The van der Waals surface area contributed by atoms with Crippen molar-refractivity contribution in [2.45, 2.75) is 45.2 Å². The number of benzene rings is 1. The van der Waals surface area contributed by atoms with Crippen LogP contribution in [-0.2, 0) is 6.54 Å². The number of hydrogen-bond donors (Lipinski definition) is 1. The zero-order valence-electron chi connectivity index (χ0n) is 15.1. The van der Waals surface area contributed by atoms with Crippen molar-refractivity contribution in [2.75, 3.05) is 0 Å². The van der Waals surface area contributed by atoms with Gasteiger partial charge in [-0.15, -0.1) is 0 Å². The summed E-state index contributed by atoms with van der Waals surface area (Å²) in [4.78, 5) is 17.1. The number of amides is 1. The standard InChI is InChI=1S/C21H24N4O/c1-15-7-5-6-10-19(15)24-21(26)18-11-17-13-23-25(20(17)22-12-18)14-16-8-3-2-4-9-16/h2-4,8-9,11-13,15,19H,5-7,10,14H2,1H3,(H,24,26)/t15-,19-/m0/s1. The highest BCUT2D eigenvalue weighted by Crippen LogP contribution is 2.24. The van der Waals surface area contributed by atoms with Crippen LogP contribution in [0.15, 0.2) is 48.8 Å². The second-order valence-electron chi connectivity index (χ2n) is 7.27. The molecule has 1 fully saturated rings. The number of aromatic nitrogens is 3. The van der Waals surface area contributed by atoms with E-state index in [1.165, 1.54) is 24.8 Å². The van der Waals surface area contributed by atoms with Crippen molar-refractivity contribution >= 4 is 16.9 Å². The zero-order valence-corrected chi connectivity index (χ0v) is 15.1. The first-order valence-electron chi connectivity index (χ1n) is 9.37. The first-order valence-corrected chi connectivity index (χ1v) is 9.37. The molecule has 5 nitrogen and oxygen atoms in total. The van der Waals surface area contributed by atoms with Gasteiger partial charge in [-0.3, -0.25) is 4.79 Å². The fourth-order valence-electron chi connectivity index (χ4n) is 3.75. The molecule has 1 amide bonds. The van der Waals surface area contributed by atoms with Gasteiger partial charge in [-0.2, -0.15) is 5.10 Å². The van der Waals surface area contributed by atoms with Gasteiger partial charge in [0.2, 0.25) is 0 Å². The van der Waals surface area contributed by atoms with Crippen LogP contribution in [0.5, 0.6) is 0 Å². The molecule has 2 atom stereocenters. The summed E-state index contributed by atoms with van der Waals surface area (Å²) in [5.41, 5.74) is 2.58. The Morgan fingerprint density at radius 1 is 1.19 bits per heavy atom. The molecule has 134 valence electrons. The van der Waals surface area contributed by atoms with Gasteiger partial charge in [0, 0.05) is 17.6 Å². The number of nitrogens with zero attached hydrogens (tertiary/aromatic N) is 3. The summed E-state index contributed by atoms with van der Waals surface area (Å²) in [5, 5.41) is 8.53. The molecule has 1 N–H and O–H groups in total.